The van der Waals surface area contributed by atoms with E-state index in [0.29, 0.717) is 13.0 Å². The average molecular weight is 1880 g/mol. The number of nitrogens with two attached hydrogens (primary N) is 1. The normalized spacial score (nSPS) is 35.0. The zero-order chi connectivity index (χ0) is 93.5. The number of fused-ring (bicyclic) bond motifs is 1. The van der Waals surface area contributed by atoms with Crippen LogP contribution in [0.15, 0.2) is 212 Å². The van der Waals surface area contributed by atoms with E-state index < -0.39 is 168 Å². The van der Waals surface area contributed by atoms with E-state index in [0.717, 1.165) is 38.9 Å². The van der Waals surface area contributed by atoms with Crippen LogP contribution in [0.25, 0.3) is 0 Å². The Bertz CT molecular complexity index is 4750. The van der Waals surface area contributed by atoms with Crippen LogP contribution in [0.1, 0.15) is 128 Å². The second-order valence-corrected chi connectivity index (χ2v) is 39.5. The van der Waals surface area contributed by atoms with E-state index in [-0.39, 0.29) is 134 Å². The van der Waals surface area contributed by atoms with E-state index in [9.17, 15) is 24.1 Å². The van der Waals surface area contributed by atoms with Crippen molar-refractivity contribution < 1.29 is 122 Å². The number of nitrogens with one attached hydrogen (secondary N) is 1. The van der Waals surface area contributed by atoms with Gasteiger partial charge in [-0.15, -0.1) is 0 Å². The maximum absolute atomic E-state index is 14.9. The summed E-state index contributed by atoms with van der Waals surface area (Å²) in [5.74, 6) is -3.02. The zero-order valence-corrected chi connectivity index (χ0v) is 79.8. The van der Waals surface area contributed by atoms with Gasteiger partial charge in [-0.2, -0.15) is 5.26 Å². The summed E-state index contributed by atoms with van der Waals surface area (Å²) in [7, 11) is -9.20. The molecule has 0 aromatic heterocycles. The summed E-state index contributed by atoms with van der Waals surface area (Å²) < 4.78 is 178. The van der Waals surface area contributed by atoms with Gasteiger partial charge in [0, 0.05) is 18.4 Å². The van der Waals surface area contributed by atoms with Crippen molar-refractivity contribution in [3.63, 3.8) is 0 Å². The molecule has 7 aliphatic rings. The summed E-state index contributed by atoms with van der Waals surface area (Å²) in [5.41, 5.74) is 14.0. The number of phosphoric ester groups is 2. The SMILES string of the molecule is CCC1OC(OCC2OC(OC3C(COCc4ccccc4)OC(OC4C(OCc5ccccc5)C(C)C(OCc5ccccc5)C5OP(=O)(O)OC45)C(N)C3C)C(OCc3ccccc3)C(C)C2C)C(OC2OC(COP(=O)(OCCC#N)OCCNC(=O)OCc3ccccc3)C(C)C(C)C2OC2OC(COCc3ccccc3)C(C)C(C)C2OCc2ccccc2)C(C)C1C. The van der Waals surface area contributed by atoms with E-state index in [1.165, 1.54) is 0 Å². The van der Waals surface area contributed by atoms with Crippen LogP contribution in [-0.2, 0) is 159 Å². The molecule has 33 atom stereocenters. The number of hydrogen-bond acceptors (Lipinski definition) is 27. The highest BCUT2D eigenvalue weighted by atomic mass is 31.2. The highest BCUT2D eigenvalue weighted by molar-refractivity contribution is 7.48. The van der Waals surface area contributed by atoms with E-state index in [1.54, 1.807) is 0 Å². The topological polar surface area (TPSA) is 336 Å². The van der Waals surface area contributed by atoms with Crippen LogP contribution in [0.3, 0.4) is 0 Å². The first kappa shape index (κ1) is 102. The van der Waals surface area contributed by atoms with Gasteiger partial charge in [0.2, 0.25) is 0 Å². The third-order valence-corrected chi connectivity index (χ3v) is 30.1. The molecule has 0 spiro atoms. The van der Waals surface area contributed by atoms with Gasteiger partial charge in [0.05, 0.1) is 141 Å². The molecule has 1 aliphatic carbocycles. The Balaban J connectivity index is 0.747. The molecular weight excluding hydrogens is 1750 g/mol. The van der Waals surface area contributed by atoms with E-state index in [2.05, 4.69) is 53.8 Å². The van der Waals surface area contributed by atoms with E-state index in [1.807, 2.05) is 246 Å². The Morgan fingerprint density at radius 2 is 0.737 bits per heavy atom. The Morgan fingerprint density at radius 3 is 1.20 bits per heavy atom. The van der Waals surface area contributed by atoms with Crippen LogP contribution in [0.5, 0.6) is 0 Å². The molecule has 7 aromatic carbocycles. The van der Waals surface area contributed by atoms with Crippen molar-refractivity contribution in [1.82, 2.24) is 5.32 Å². The second kappa shape index (κ2) is 49.4. The molecule has 4 N–H and O–H groups in total. The van der Waals surface area contributed by atoms with Crippen LogP contribution >= 0.6 is 15.6 Å². The molecule has 0 bridgehead atoms. The molecule has 6 saturated heterocycles. The fourth-order valence-electron chi connectivity index (χ4n) is 18.7. The van der Waals surface area contributed by atoms with Gasteiger partial charge in [0.1, 0.15) is 55.4 Å². The molecule has 29 nitrogen and oxygen atoms in total. The van der Waals surface area contributed by atoms with E-state index >= 15 is 0 Å². The van der Waals surface area contributed by atoms with Gasteiger partial charge in [-0.25, -0.2) is 13.9 Å². The molecule has 7 aromatic rings. The minimum Gasteiger partial charge on any atom is -0.445 e. The number of ether oxygens (including phenoxy) is 17. The summed E-state index contributed by atoms with van der Waals surface area (Å²) in [6.45, 7) is 23.4. The van der Waals surface area contributed by atoms with Gasteiger partial charge >= 0.3 is 21.7 Å². The molecule has 133 heavy (non-hydrogen) atoms. The van der Waals surface area contributed by atoms with Gasteiger partial charge in [0.25, 0.3) is 0 Å². The quantitative estimate of drug-likeness (QED) is 0.0236. The number of nitriles is 1. The van der Waals surface area contributed by atoms with Crippen LogP contribution in [-0.4, -0.2) is 186 Å². The number of rotatable bonds is 44. The number of carbonyl (C=O) groups is 1. The molecule has 0 radical (unpaired) electrons. The van der Waals surface area contributed by atoms with E-state index in [4.69, 9.17) is 109 Å². The average Bonchev–Trinajstić information content (AvgIpc) is 1.61. The maximum Gasteiger partial charge on any atom is 0.474 e. The molecular formula is C102H135N3O26P2. The lowest BCUT2D eigenvalue weighted by Gasteiger charge is -2.52. The Kier molecular flexibility index (Phi) is 37.8. The molecule has 1 amide bonds. The number of benzene rings is 7. The van der Waals surface area contributed by atoms with Crippen molar-refractivity contribution in [3.8, 4) is 6.07 Å². The van der Waals surface area contributed by atoms with Crippen LogP contribution in [0.2, 0.25) is 0 Å². The minimum atomic E-state index is -4.69. The van der Waals surface area contributed by atoms with Crippen LogP contribution in [0.4, 0.5) is 4.79 Å². The fraction of sp³-hybridized carbons (Fsp3) is 0.569. The third-order valence-electron chi connectivity index (χ3n) is 27.6. The van der Waals surface area contributed by atoms with Gasteiger partial charge in [0.15, 0.2) is 31.5 Å². The Labute approximate surface area is 782 Å². The maximum atomic E-state index is 14.9. The Morgan fingerprint density at radius 1 is 0.383 bits per heavy atom. The van der Waals surface area contributed by atoms with Gasteiger partial charge in [-0.05, 0) is 92.7 Å². The first-order valence-corrected chi connectivity index (χ1v) is 50.0. The molecule has 33 unspecified atom stereocenters. The first-order valence-electron chi connectivity index (χ1n) is 47.1. The summed E-state index contributed by atoms with van der Waals surface area (Å²) in [6, 6.07) is 69.3. The number of alkyl carbamates (subject to hydrolysis) is 1. The van der Waals surface area contributed by atoms with Gasteiger partial charge in [-0.1, -0.05) is 288 Å². The van der Waals surface area contributed by atoms with Gasteiger partial charge < -0.3 is 96.5 Å². The predicted octanol–water partition coefficient (Wildman–Crippen LogP) is 16.9. The predicted molar refractivity (Wildman–Crippen MR) is 491 cm³/mol. The van der Waals surface area contributed by atoms with Crippen LogP contribution in [0, 0.1) is 70.5 Å². The molecule has 6 heterocycles. The third kappa shape index (κ3) is 27.3. The number of carbonyl (C=O) groups excluding carboxylic acids is 1. The molecule has 31 heteroatoms. The Hall–Kier alpha value is -7.16. The lowest BCUT2D eigenvalue weighted by molar-refractivity contribution is -0.381. The molecule has 7 fully saturated rings. The highest BCUT2D eigenvalue weighted by Gasteiger charge is 2.62. The monoisotopic (exact) mass is 1880 g/mol. The van der Waals surface area contributed by atoms with Crippen molar-refractivity contribution in [3.05, 3.63) is 251 Å². The molecule has 6 aliphatic heterocycles. The number of hydrogen-bond donors (Lipinski definition) is 3. The van der Waals surface area contributed by atoms with Crippen molar-refractivity contribution >= 4 is 21.7 Å². The van der Waals surface area contributed by atoms with Crippen molar-refractivity contribution in [2.24, 2.45) is 64.9 Å². The number of phosphoric acid groups is 2. The highest BCUT2D eigenvalue weighted by Crippen LogP contribution is 2.59. The first-order chi connectivity index (χ1) is 64.4. The number of amides is 1. The molecule has 14 rings (SSSR count). The minimum absolute atomic E-state index is 0.0158. The molecule has 1 saturated carbocycles. The summed E-state index contributed by atoms with van der Waals surface area (Å²) in [4.78, 5) is 24.2. The lowest BCUT2D eigenvalue weighted by Crippen LogP contribution is -2.66. The van der Waals surface area contributed by atoms with Crippen molar-refractivity contribution in [2.75, 3.05) is 46.2 Å². The number of nitrogens with zero attached hydrogens (tertiary/aromatic N) is 1. The summed E-state index contributed by atoms with van der Waals surface area (Å²) >= 11 is 0. The smallest absolute Gasteiger partial charge is 0.445 e. The standard InChI is InChI=1S/C102H135N3O26P2/c1-12-81-64(2)70(8)92(127-101-93(128-100-91(115-58-79-45-30-18-31-46-79)68(6)65(3)82(122-100)60-110-53-74-35-20-13-21-36-74)71(9)67(5)84(124-101)63-120-133(109,118-51-34-49-103)119-52-50-105-102(106)117-59-80-47-32-19-33-48-80)98(121-81)116-62-83-66(4)69(7)90(114-57-78-43-28-17-29-44-78)99(123-83)126-87-72(10)86(104)97(125-85(87)61-111-54-75-37-22-14-23-38-75)129-94-88(112-55-76-39-24-15-25-40-76)73(11)89(95-96(94)131-132(107,108)130-95)113-56-77-41-26-16-27-42-77/h13-33,35-48,64-73,81-101H,12,34,50-63,104H2,1-11H3,(H,105,106)(H,107,108). The lowest BCUT2D eigenvalue weighted by atomic mass is 9.78. The second-order valence-electron chi connectivity index (χ2n) is 36.5. The fourth-order valence-corrected chi connectivity index (χ4v) is 21.1. The van der Waals surface area contributed by atoms with Gasteiger partial charge in [-0.3, -0.25) is 22.6 Å². The summed E-state index contributed by atoms with van der Waals surface area (Å²) in [5, 5.41) is 12.3. The van der Waals surface area contributed by atoms with Crippen LogP contribution < -0.4 is 11.1 Å². The zero-order valence-electron chi connectivity index (χ0n) is 78.0. The van der Waals surface area contributed by atoms with Crippen molar-refractivity contribution in [2.45, 2.75) is 264 Å². The largest absolute Gasteiger partial charge is 0.474 e. The molecule has 724 valence electrons. The summed E-state index contributed by atoms with van der Waals surface area (Å²) in [6.07, 6.45) is -18.0. The van der Waals surface area contributed by atoms with Crippen molar-refractivity contribution in [1.29, 1.82) is 5.26 Å².